The number of rotatable bonds is 2. The third kappa shape index (κ3) is 2.09. The van der Waals surface area contributed by atoms with Crippen molar-refractivity contribution >= 4 is 5.69 Å². The van der Waals surface area contributed by atoms with Crippen LogP contribution >= 0.6 is 0 Å². The van der Waals surface area contributed by atoms with E-state index in [-0.39, 0.29) is 5.54 Å². The van der Waals surface area contributed by atoms with Crippen LogP contribution in [0.25, 0.3) is 0 Å². The first kappa shape index (κ1) is 10.4. The fraction of sp³-hybridized carbons (Fsp3) is 0.545. The molecular weight excluding hydrogens is 193 g/mol. The lowest BCUT2D eigenvalue weighted by Gasteiger charge is -2.22. The molecule has 0 spiro atoms. The van der Waals surface area contributed by atoms with Crippen molar-refractivity contribution in [3.8, 4) is 0 Å². The van der Waals surface area contributed by atoms with E-state index in [0.29, 0.717) is 0 Å². The quantitative estimate of drug-likeness (QED) is 0.752. The Morgan fingerprint density at radius 3 is 2.93 bits per heavy atom. The number of hydrogen-bond acceptors (Lipinski definition) is 3. The monoisotopic (exact) mass is 209 g/mol. The minimum Gasteiger partial charge on any atom is -0.356 e. The molecule has 1 aliphatic rings. The van der Waals surface area contributed by atoms with E-state index in [1.54, 1.807) is 12.3 Å². The molecule has 1 saturated heterocycles. The van der Waals surface area contributed by atoms with Crippen LogP contribution in [-0.2, 0) is 0 Å². The highest BCUT2D eigenvalue weighted by Crippen LogP contribution is 2.22. The Morgan fingerprint density at radius 2 is 2.40 bits per heavy atom. The third-order valence-corrected chi connectivity index (χ3v) is 3.09. The van der Waals surface area contributed by atoms with E-state index in [9.17, 15) is 4.39 Å². The average Bonchev–Trinajstić information content (AvgIpc) is 2.63. The molecule has 1 aliphatic heterocycles. The number of hydrogen-bond donors (Lipinski definition) is 1. The van der Waals surface area contributed by atoms with Gasteiger partial charge in [-0.15, -0.1) is 0 Å². The molecule has 3 nitrogen and oxygen atoms in total. The van der Waals surface area contributed by atoms with Gasteiger partial charge in [0.05, 0.1) is 18.6 Å². The Morgan fingerprint density at radius 1 is 1.60 bits per heavy atom. The summed E-state index contributed by atoms with van der Waals surface area (Å²) in [5, 5.41) is 3.45. The summed E-state index contributed by atoms with van der Waals surface area (Å²) in [7, 11) is 0. The van der Waals surface area contributed by atoms with Crippen LogP contribution in [0.4, 0.5) is 10.1 Å². The standard InChI is InChI=1S/C11H16FN3/c1-3-11(2)7-15(8-14-11)9-4-5-10(12)13-6-9/h4-6,14H,3,7-8H2,1-2H3/t11-/m1/s1. The molecule has 4 heteroatoms. The molecule has 2 rings (SSSR count). The van der Waals surface area contributed by atoms with Crippen molar-refractivity contribution in [3.63, 3.8) is 0 Å². The zero-order chi connectivity index (χ0) is 10.9. The fourth-order valence-electron chi connectivity index (χ4n) is 1.79. The van der Waals surface area contributed by atoms with Gasteiger partial charge in [-0.25, -0.2) is 4.98 Å². The van der Waals surface area contributed by atoms with Gasteiger partial charge in [0.2, 0.25) is 5.95 Å². The molecule has 0 aliphatic carbocycles. The van der Waals surface area contributed by atoms with Crippen molar-refractivity contribution in [1.82, 2.24) is 10.3 Å². The van der Waals surface area contributed by atoms with Crippen LogP contribution in [0.15, 0.2) is 18.3 Å². The Hall–Kier alpha value is -1.16. The summed E-state index contributed by atoms with van der Waals surface area (Å²) in [6.07, 6.45) is 2.66. The van der Waals surface area contributed by atoms with Crippen LogP contribution in [0.1, 0.15) is 20.3 Å². The second kappa shape index (κ2) is 3.77. The van der Waals surface area contributed by atoms with E-state index < -0.39 is 5.95 Å². The van der Waals surface area contributed by atoms with Crippen molar-refractivity contribution in [2.24, 2.45) is 0 Å². The number of nitrogens with one attached hydrogen (secondary N) is 1. The van der Waals surface area contributed by atoms with Crippen molar-refractivity contribution in [2.75, 3.05) is 18.1 Å². The molecule has 2 heterocycles. The number of anilines is 1. The molecule has 82 valence electrons. The maximum atomic E-state index is 12.6. The first-order valence-electron chi connectivity index (χ1n) is 5.24. The number of halogens is 1. The zero-order valence-electron chi connectivity index (χ0n) is 9.13. The predicted molar refractivity (Wildman–Crippen MR) is 58.2 cm³/mol. The van der Waals surface area contributed by atoms with Gasteiger partial charge in [0.25, 0.3) is 0 Å². The Bertz CT molecular complexity index is 338. The van der Waals surface area contributed by atoms with Crippen molar-refractivity contribution in [1.29, 1.82) is 0 Å². The maximum absolute atomic E-state index is 12.6. The van der Waals surface area contributed by atoms with Crippen LogP contribution in [0.2, 0.25) is 0 Å². The van der Waals surface area contributed by atoms with Crippen LogP contribution in [0, 0.1) is 5.95 Å². The molecule has 1 atom stereocenters. The van der Waals surface area contributed by atoms with Gasteiger partial charge >= 0.3 is 0 Å². The van der Waals surface area contributed by atoms with Crippen LogP contribution in [0.3, 0.4) is 0 Å². The summed E-state index contributed by atoms with van der Waals surface area (Å²) in [6.45, 7) is 6.11. The molecule has 0 bridgehead atoms. The predicted octanol–water partition coefficient (Wildman–Crippen LogP) is 1.76. The average molecular weight is 209 g/mol. The first-order valence-corrected chi connectivity index (χ1v) is 5.24. The molecule has 0 unspecified atom stereocenters. The van der Waals surface area contributed by atoms with Gasteiger partial charge in [0.15, 0.2) is 0 Å². The van der Waals surface area contributed by atoms with E-state index >= 15 is 0 Å². The van der Waals surface area contributed by atoms with Gasteiger partial charge in [-0.1, -0.05) is 6.92 Å². The van der Waals surface area contributed by atoms with E-state index in [1.807, 2.05) is 0 Å². The van der Waals surface area contributed by atoms with Crippen molar-refractivity contribution in [3.05, 3.63) is 24.3 Å². The molecule has 0 radical (unpaired) electrons. The summed E-state index contributed by atoms with van der Waals surface area (Å²) in [5.74, 6) is -0.427. The lowest BCUT2D eigenvalue weighted by molar-refractivity contribution is 0.426. The third-order valence-electron chi connectivity index (χ3n) is 3.09. The maximum Gasteiger partial charge on any atom is 0.212 e. The summed E-state index contributed by atoms with van der Waals surface area (Å²) in [5.41, 5.74) is 1.13. The lowest BCUT2D eigenvalue weighted by Crippen LogP contribution is -2.38. The highest BCUT2D eigenvalue weighted by molar-refractivity contribution is 5.45. The summed E-state index contributed by atoms with van der Waals surface area (Å²) >= 11 is 0. The molecule has 1 fully saturated rings. The van der Waals surface area contributed by atoms with E-state index in [0.717, 1.165) is 25.3 Å². The summed E-state index contributed by atoms with van der Waals surface area (Å²) in [6, 6.07) is 3.17. The molecule has 1 N–H and O–H groups in total. The molecule has 1 aromatic rings. The highest BCUT2D eigenvalue weighted by Gasteiger charge is 2.31. The van der Waals surface area contributed by atoms with Crippen molar-refractivity contribution in [2.45, 2.75) is 25.8 Å². The normalized spacial score (nSPS) is 25.9. The topological polar surface area (TPSA) is 28.2 Å². The van der Waals surface area contributed by atoms with Crippen LogP contribution in [0.5, 0.6) is 0 Å². The molecular formula is C11H16FN3. The number of aromatic nitrogens is 1. The van der Waals surface area contributed by atoms with Gasteiger partial charge in [0, 0.05) is 12.1 Å². The lowest BCUT2D eigenvalue weighted by atomic mass is 10.0. The minimum absolute atomic E-state index is 0.161. The Balaban J connectivity index is 2.11. The summed E-state index contributed by atoms with van der Waals surface area (Å²) < 4.78 is 12.6. The second-order valence-electron chi connectivity index (χ2n) is 4.29. The first-order chi connectivity index (χ1) is 7.13. The van der Waals surface area contributed by atoms with E-state index in [1.165, 1.54) is 6.07 Å². The Labute approximate surface area is 89.3 Å². The summed E-state index contributed by atoms with van der Waals surface area (Å²) in [4.78, 5) is 5.84. The van der Waals surface area contributed by atoms with E-state index in [2.05, 4.69) is 29.0 Å². The molecule has 0 aromatic carbocycles. The van der Waals surface area contributed by atoms with E-state index in [4.69, 9.17) is 0 Å². The number of pyridine rings is 1. The smallest absolute Gasteiger partial charge is 0.212 e. The molecule has 0 amide bonds. The second-order valence-corrected chi connectivity index (χ2v) is 4.29. The van der Waals surface area contributed by atoms with Gasteiger partial charge in [-0.3, -0.25) is 5.32 Å². The minimum atomic E-state index is -0.427. The largest absolute Gasteiger partial charge is 0.356 e. The fourth-order valence-corrected chi connectivity index (χ4v) is 1.79. The molecule has 1 aromatic heterocycles. The molecule has 0 saturated carbocycles. The zero-order valence-corrected chi connectivity index (χ0v) is 9.13. The van der Waals surface area contributed by atoms with Crippen molar-refractivity contribution < 1.29 is 4.39 Å². The van der Waals surface area contributed by atoms with Gasteiger partial charge in [-0.2, -0.15) is 4.39 Å². The molecule has 15 heavy (non-hydrogen) atoms. The van der Waals surface area contributed by atoms with Gasteiger partial charge in [-0.05, 0) is 25.5 Å². The number of nitrogens with zero attached hydrogens (tertiary/aromatic N) is 2. The van der Waals surface area contributed by atoms with Gasteiger partial charge in [0.1, 0.15) is 0 Å². The Kier molecular flexibility index (Phi) is 2.61. The highest BCUT2D eigenvalue weighted by atomic mass is 19.1. The SMILES string of the molecule is CC[C@]1(C)CN(c2ccc(F)nc2)CN1. The van der Waals surface area contributed by atoms with Crippen LogP contribution < -0.4 is 10.2 Å². The van der Waals surface area contributed by atoms with Gasteiger partial charge < -0.3 is 4.90 Å². The van der Waals surface area contributed by atoms with Crippen LogP contribution in [-0.4, -0.2) is 23.7 Å².